The molecule has 3 heterocycles. The lowest BCUT2D eigenvalue weighted by atomic mass is 9.97. The second kappa shape index (κ2) is 10.1. The summed E-state index contributed by atoms with van der Waals surface area (Å²) in [6.07, 6.45) is -3.03. The van der Waals surface area contributed by atoms with Crippen LogP contribution >= 0.6 is 11.8 Å². The van der Waals surface area contributed by atoms with Gasteiger partial charge >= 0.3 is 12.0 Å². The summed E-state index contributed by atoms with van der Waals surface area (Å²) in [6, 6.07) is -0.997. The first-order valence-electron chi connectivity index (χ1n) is 10.1. The molecule has 0 aromatic heterocycles. The van der Waals surface area contributed by atoms with Gasteiger partial charge in [-0.1, -0.05) is 6.42 Å². The summed E-state index contributed by atoms with van der Waals surface area (Å²) in [5.74, 6) is -0.178. The average Bonchev–Trinajstić information content (AvgIpc) is 3.23. The van der Waals surface area contributed by atoms with Crippen LogP contribution in [0.4, 0.5) is 4.79 Å². The molecule has 1 unspecified atom stereocenters. The predicted molar refractivity (Wildman–Crippen MR) is 105 cm³/mol. The lowest BCUT2D eigenvalue weighted by molar-refractivity contribution is -0.263. The Kier molecular flexibility index (Phi) is 7.80. The first-order chi connectivity index (χ1) is 14.3. The van der Waals surface area contributed by atoms with E-state index >= 15 is 0 Å². The van der Waals surface area contributed by atoms with Gasteiger partial charge < -0.3 is 40.7 Å². The van der Waals surface area contributed by atoms with Crippen molar-refractivity contribution in [2.45, 2.75) is 80.6 Å². The van der Waals surface area contributed by atoms with E-state index in [1.165, 1.54) is 6.92 Å². The summed E-state index contributed by atoms with van der Waals surface area (Å²) in [7, 11) is 0. The number of unbranched alkanes of at least 4 members (excludes halogenated alkanes) is 1. The molecule has 8 atom stereocenters. The summed E-state index contributed by atoms with van der Waals surface area (Å²) in [5, 5.41) is 38.0. The third-order valence-electron chi connectivity index (χ3n) is 5.56. The summed E-state index contributed by atoms with van der Waals surface area (Å²) in [6.45, 7) is 0.648. The van der Waals surface area contributed by atoms with Crippen LogP contribution in [0.2, 0.25) is 0 Å². The van der Waals surface area contributed by atoms with Crippen molar-refractivity contribution >= 4 is 29.7 Å². The Morgan fingerprint density at radius 3 is 2.73 bits per heavy atom. The number of hydrogen-bond acceptors (Lipinski definition) is 9. The Morgan fingerprint density at radius 2 is 2.03 bits per heavy atom. The minimum Gasteiger partial charge on any atom is -0.433 e. The van der Waals surface area contributed by atoms with E-state index in [0.717, 1.165) is 18.6 Å². The van der Waals surface area contributed by atoms with Gasteiger partial charge in [0.05, 0.1) is 18.7 Å². The monoisotopic (exact) mass is 447 g/mol. The number of rotatable bonds is 8. The Labute approximate surface area is 178 Å². The molecule has 170 valence electrons. The zero-order valence-corrected chi connectivity index (χ0v) is 17.5. The van der Waals surface area contributed by atoms with Crippen LogP contribution in [0, 0.1) is 0 Å². The van der Waals surface area contributed by atoms with Crippen LogP contribution in [-0.2, 0) is 19.1 Å². The number of amides is 3. The molecule has 3 rings (SSSR count). The molecule has 3 fully saturated rings. The van der Waals surface area contributed by atoms with Gasteiger partial charge in [-0.15, -0.1) is 0 Å². The molecule has 3 saturated heterocycles. The largest absolute Gasteiger partial charge is 0.433 e. The van der Waals surface area contributed by atoms with Crippen LogP contribution in [-0.4, -0.2) is 93.6 Å². The fraction of sp³-hybridized carbons (Fsp3) is 0.833. The quantitative estimate of drug-likeness (QED) is 0.143. The van der Waals surface area contributed by atoms with Crippen LogP contribution in [0.25, 0.3) is 0 Å². The summed E-state index contributed by atoms with van der Waals surface area (Å²) >= 11 is 1.80. The molecule has 3 amide bonds. The van der Waals surface area contributed by atoms with Crippen LogP contribution in [0.5, 0.6) is 0 Å². The van der Waals surface area contributed by atoms with Gasteiger partial charge in [0.25, 0.3) is 0 Å². The topological polar surface area (TPSA) is 166 Å². The molecule has 12 heteroatoms. The van der Waals surface area contributed by atoms with Gasteiger partial charge in [-0.05, 0) is 12.8 Å². The third kappa shape index (κ3) is 5.35. The summed E-state index contributed by atoms with van der Waals surface area (Å²) in [5.41, 5.74) is 0. The fourth-order valence-corrected chi connectivity index (χ4v) is 5.56. The van der Waals surface area contributed by atoms with Crippen molar-refractivity contribution in [3.63, 3.8) is 0 Å². The number of carbonyl (C=O) groups excluding carboxylic acids is 3. The molecular weight excluding hydrogens is 418 g/mol. The molecular formula is C18H29N3O8S. The maximum absolute atomic E-state index is 12.3. The summed E-state index contributed by atoms with van der Waals surface area (Å²) < 4.78 is 10.7. The molecule has 3 aliphatic heterocycles. The van der Waals surface area contributed by atoms with Crippen molar-refractivity contribution in [1.82, 2.24) is 16.0 Å². The highest BCUT2D eigenvalue weighted by molar-refractivity contribution is 8.00. The Bertz CT molecular complexity index is 653. The molecule has 0 radical (unpaired) electrons. The fourth-order valence-electron chi connectivity index (χ4n) is 4.02. The molecule has 0 saturated carbocycles. The number of aliphatic hydroxyl groups is 3. The molecule has 3 aliphatic rings. The van der Waals surface area contributed by atoms with Gasteiger partial charge in [-0.2, -0.15) is 11.8 Å². The number of hydrogen-bond donors (Lipinski definition) is 6. The number of thioether (sulfide) groups is 1. The predicted octanol–water partition coefficient (Wildman–Crippen LogP) is -1.80. The molecule has 11 nitrogen and oxygen atoms in total. The van der Waals surface area contributed by atoms with Crippen LogP contribution in [0.1, 0.15) is 32.6 Å². The second-order valence-corrected chi connectivity index (χ2v) is 9.06. The maximum Gasteiger partial charge on any atom is 0.315 e. The normalized spacial score (nSPS) is 37.8. The van der Waals surface area contributed by atoms with E-state index in [2.05, 4.69) is 16.0 Å². The number of nitrogens with one attached hydrogen (secondary N) is 3. The number of ether oxygens (including phenoxy) is 2. The van der Waals surface area contributed by atoms with E-state index in [1.54, 1.807) is 11.8 Å². The molecule has 6 N–H and O–H groups in total. The Balaban J connectivity index is 1.44. The van der Waals surface area contributed by atoms with Crippen molar-refractivity contribution in [2.75, 3.05) is 12.4 Å². The van der Waals surface area contributed by atoms with Gasteiger partial charge in [-0.25, -0.2) is 4.79 Å². The van der Waals surface area contributed by atoms with Crippen molar-refractivity contribution < 1.29 is 39.2 Å². The van der Waals surface area contributed by atoms with Crippen LogP contribution in [0.3, 0.4) is 0 Å². The Morgan fingerprint density at radius 1 is 1.27 bits per heavy atom. The average molecular weight is 448 g/mol. The second-order valence-electron chi connectivity index (χ2n) is 7.79. The highest BCUT2D eigenvalue weighted by Crippen LogP contribution is 2.33. The van der Waals surface area contributed by atoms with Gasteiger partial charge in [0.2, 0.25) is 12.2 Å². The number of fused-ring (bicyclic) bond motifs is 1. The Hall–Kier alpha value is -1.60. The van der Waals surface area contributed by atoms with E-state index in [-0.39, 0.29) is 24.5 Å². The van der Waals surface area contributed by atoms with Crippen LogP contribution < -0.4 is 16.0 Å². The molecule has 0 aliphatic carbocycles. The third-order valence-corrected chi connectivity index (χ3v) is 7.06. The lowest BCUT2D eigenvalue weighted by Gasteiger charge is -2.41. The standard InChI is InChI=1S/C18H29N3O8S/c1-8(23)19-14-16(26)15(25)10(6-22)28-17(14)29-12(24)5-3-2-4-11-13-9(7-30-11)20-18(27)21-13/h9-11,13-17,22,25-26H,2-7H2,1H3,(H,19,23)(H2,20,21,27)/t9-,10+,11-,13-,14+,15+,16+,17?/m0/s1. The minimum atomic E-state index is -1.46. The van der Waals surface area contributed by atoms with E-state index < -0.39 is 49.1 Å². The number of carbonyl (C=O) groups is 3. The molecule has 0 spiro atoms. The maximum atomic E-state index is 12.3. The van der Waals surface area contributed by atoms with Crippen molar-refractivity contribution in [2.24, 2.45) is 0 Å². The van der Waals surface area contributed by atoms with Gasteiger partial charge in [-0.3, -0.25) is 9.59 Å². The summed E-state index contributed by atoms with van der Waals surface area (Å²) in [4.78, 5) is 35.1. The highest BCUT2D eigenvalue weighted by Gasteiger charge is 2.46. The first-order valence-corrected chi connectivity index (χ1v) is 11.1. The zero-order chi connectivity index (χ0) is 21.8. The van der Waals surface area contributed by atoms with E-state index in [9.17, 15) is 29.7 Å². The van der Waals surface area contributed by atoms with E-state index in [4.69, 9.17) is 9.47 Å². The van der Waals surface area contributed by atoms with Gasteiger partial charge in [0.1, 0.15) is 24.4 Å². The van der Waals surface area contributed by atoms with Crippen molar-refractivity contribution in [3.05, 3.63) is 0 Å². The van der Waals surface area contributed by atoms with E-state index in [1.807, 2.05) is 0 Å². The molecule has 0 aromatic rings. The van der Waals surface area contributed by atoms with Gasteiger partial charge in [0, 0.05) is 24.3 Å². The van der Waals surface area contributed by atoms with Crippen molar-refractivity contribution in [1.29, 1.82) is 0 Å². The minimum absolute atomic E-state index is 0.116. The zero-order valence-electron chi connectivity index (χ0n) is 16.7. The first kappa shape index (κ1) is 23.1. The lowest BCUT2D eigenvalue weighted by Crippen LogP contribution is -2.64. The van der Waals surface area contributed by atoms with E-state index in [0.29, 0.717) is 11.7 Å². The smallest absolute Gasteiger partial charge is 0.315 e. The number of esters is 1. The number of aliphatic hydroxyl groups excluding tert-OH is 3. The van der Waals surface area contributed by atoms with Gasteiger partial charge in [0.15, 0.2) is 0 Å². The SMILES string of the molecule is CC(=O)N[C@H]1C(OC(=O)CCCC[C@@H]2SC[C@@H]3NC(=O)N[C@@H]32)O[C@H](CO)[C@@H](O)[C@@H]1O. The highest BCUT2D eigenvalue weighted by atomic mass is 32.2. The van der Waals surface area contributed by atoms with Crippen LogP contribution in [0.15, 0.2) is 0 Å². The van der Waals surface area contributed by atoms with Crippen molar-refractivity contribution in [3.8, 4) is 0 Å². The molecule has 0 bridgehead atoms. The number of urea groups is 1. The molecule has 0 aromatic carbocycles. The molecule has 30 heavy (non-hydrogen) atoms.